The molecular formula is C26H35N3O4. The lowest BCUT2D eigenvalue weighted by Gasteiger charge is -2.35. The summed E-state index contributed by atoms with van der Waals surface area (Å²) in [5.74, 6) is -2.35. The zero-order valence-corrected chi connectivity index (χ0v) is 19.4. The summed E-state index contributed by atoms with van der Waals surface area (Å²) in [6.45, 7) is 1.63. The summed E-state index contributed by atoms with van der Waals surface area (Å²) in [6, 6.07) is 8.01. The van der Waals surface area contributed by atoms with Crippen LogP contribution in [0, 0.1) is 23.7 Å². The first-order valence-electron chi connectivity index (χ1n) is 12.2. The summed E-state index contributed by atoms with van der Waals surface area (Å²) in [5, 5.41) is 16.3. The maximum absolute atomic E-state index is 13.9. The van der Waals surface area contributed by atoms with Gasteiger partial charge in [0, 0.05) is 19.0 Å². The molecule has 0 unspecified atom stereocenters. The number of hydrogen-bond donors (Lipinski definition) is 3. The van der Waals surface area contributed by atoms with Crippen molar-refractivity contribution in [1.82, 2.24) is 15.5 Å². The second-order valence-electron chi connectivity index (χ2n) is 9.63. The van der Waals surface area contributed by atoms with E-state index in [0.717, 1.165) is 31.2 Å². The Morgan fingerprint density at radius 1 is 1.09 bits per heavy atom. The van der Waals surface area contributed by atoms with Crippen LogP contribution in [0.5, 0.6) is 0 Å². The molecular weight excluding hydrogens is 418 g/mol. The van der Waals surface area contributed by atoms with E-state index in [0.29, 0.717) is 0 Å². The van der Waals surface area contributed by atoms with E-state index >= 15 is 0 Å². The van der Waals surface area contributed by atoms with Crippen molar-refractivity contribution in [1.29, 1.82) is 0 Å². The van der Waals surface area contributed by atoms with Crippen LogP contribution in [0.25, 0.3) is 0 Å². The third-order valence-corrected chi connectivity index (χ3v) is 7.67. The van der Waals surface area contributed by atoms with Gasteiger partial charge in [0.2, 0.25) is 17.7 Å². The lowest BCUT2D eigenvalue weighted by Crippen LogP contribution is -2.51. The molecule has 2 aliphatic carbocycles. The summed E-state index contributed by atoms with van der Waals surface area (Å²) in [5.41, 5.74) is 0.774. The molecule has 2 fully saturated rings. The first-order valence-corrected chi connectivity index (χ1v) is 12.2. The number of nitrogens with zero attached hydrogens (tertiary/aromatic N) is 1. The van der Waals surface area contributed by atoms with Crippen LogP contribution in [0.3, 0.4) is 0 Å². The quantitative estimate of drug-likeness (QED) is 0.575. The van der Waals surface area contributed by atoms with Crippen LogP contribution in [0.1, 0.15) is 50.6 Å². The van der Waals surface area contributed by atoms with Crippen molar-refractivity contribution in [3.05, 3.63) is 48.0 Å². The highest BCUT2D eigenvalue weighted by molar-refractivity contribution is 5.97. The van der Waals surface area contributed by atoms with Gasteiger partial charge in [0.1, 0.15) is 6.04 Å². The van der Waals surface area contributed by atoms with Gasteiger partial charge in [0.15, 0.2) is 0 Å². The Morgan fingerprint density at radius 3 is 2.42 bits per heavy atom. The number of benzene rings is 1. The molecule has 3 aliphatic rings. The molecule has 1 aromatic carbocycles. The van der Waals surface area contributed by atoms with Crippen molar-refractivity contribution >= 4 is 17.7 Å². The molecule has 1 aliphatic heterocycles. The van der Waals surface area contributed by atoms with Gasteiger partial charge in [-0.2, -0.15) is 0 Å². The topological polar surface area (TPSA) is 98.7 Å². The zero-order chi connectivity index (χ0) is 23.5. The number of hydrogen-bond acceptors (Lipinski definition) is 4. The van der Waals surface area contributed by atoms with Crippen LogP contribution in [-0.4, -0.2) is 53.5 Å². The van der Waals surface area contributed by atoms with E-state index in [9.17, 15) is 19.5 Å². The molecule has 7 heteroatoms. The fraction of sp³-hybridized carbons (Fsp3) is 0.577. The van der Waals surface area contributed by atoms with Gasteiger partial charge in [-0.25, -0.2) is 0 Å². The third kappa shape index (κ3) is 4.43. The van der Waals surface area contributed by atoms with Gasteiger partial charge in [-0.3, -0.25) is 14.4 Å². The van der Waals surface area contributed by atoms with Crippen molar-refractivity contribution in [2.45, 2.75) is 57.2 Å². The smallest absolute Gasteiger partial charge is 0.243 e. The number of carbonyl (C=O) groups is 3. The van der Waals surface area contributed by atoms with Gasteiger partial charge in [0.05, 0.1) is 24.5 Å². The Kier molecular flexibility index (Phi) is 7.17. The number of carbonyl (C=O) groups excluding carboxylic acids is 3. The average Bonchev–Trinajstić information content (AvgIpc) is 3.13. The van der Waals surface area contributed by atoms with Gasteiger partial charge < -0.3 is 20.6 Å². The van der Waals surface area contributed by atoms with E-state index in [-0.39, 0.29) is 36.3 Å². The number of amides is 3. The van der Waals surface area contributed by atoms with Crippen molar-refractivity contribution in [2.75, 3.05) is 13.7 Å². The van der Waals surface area contributed by atoms with E-state index in [1.54, 1.807) is 11.9 Å². The molecule has 7 nitrogen and oxygen atoms in total. The zero-order valence-electron chi connectivity index (χ0n) is 19.4. The SMILES string of the molecule is CNC(=O)[C@H]1[C@H]2C(=O)N([C@H](CO)c3ccccc3)[C@H](C(=O)NC3CCCCC3)[C@H]2C=C[C@H]1C. The summed E-state index contributed by atoms with van der Waals surface area (Å²) < 4.78 is 0. The Labute approximate surface area is 195 Å². The summed E-state index contributed by atoms with van der Waals surface area (Å²) in [4.78, 5) is 42.0. The van der Waals surface area contributed by atoms with Crippen molar-refractivity contribution in [3.63, 3.8) is 0 Å². The van der Waals surface area contributed by atoms with Gasteiger partial charge in [0.25, 0.3) is 0 Å². The normalized spacial score (nSPS) is 30.6. The maximum atomic E-state index is 13.9. The first-order chi connectivity index (χ1) is 16.0. The van der Waals surface area contributed by atoms with Crippen molar-refractivity contribution < 1.29 is 19.5 Å². The standard InChI is InChI=1S/C26H35N3O4/c1-16-13-14-19-22(21(16)24(31)27-2)26(33)29(20(15-30)17-9-5-3-6-10-17)23(19)25(32)28-18-11-7-4-8-12-18/h3,5-6,9-10,13-14,16,18-23,30H,4,7-8,11-12,15H2,1-2H3,(H,27,31)(H,28,32)/t16-,19+,20-,21-,22+,23+/m1/s1. The van der Waals surface area contributed by atoms with Crippen LogP contribution in [0.2, 0.25) is 0 Å². The van der Waals surface area contributed by atoms with Gasteiger partial charge in [-0.15, -0.1) is 0 Å². The fourth-order valence-corrected chi connectivity index (χ4v) is 6.00. The summed E-state index contributed by atoms with van der Waals surface area (Å²) in [6.07, 6.45) is 9.13. The van der Waals surface area contributed by atoms with Crippen molar-refractivity contribution in [3.8, 4) is 0 Å². The second-order valence-corrected chi connectivity index (χ2v) is 9.63. The molecule has 6 atom stereocenters. The molecule has 1 saturated carbocycles. The molecule has 0 aromatic heterocycles. The van der Waals surface area contributed by atoms with E-state index in [4.69, 9.17) is 0 Å². The minimum absolute atomic E-state index is 0.104. The second kappa shape index (κ2) is 10.1. The number of aliphatic hydroxyl groups is 1. The molecule has 3 amide bonds. The monoisotopic (exact) mass is 453 g/mol. The van der Waals surface area contributed by atoms with Crippen LogP contribution in [0.15, 0.2) is 42.5 Å². The molecule has 0 bridgehead atoms. The highest BCUT2D eigenvalue weighted by Gasteiger charge is 2.58. The number of likely N-dealkylation sites (tertiary alicyclic amines) is 1. The van der Waals surface area contributed by atoms with Crippen LogP contribution in [-0.2, 0) is 14.4 Å². The molecule has 1 aromatic rings. The molecule has 0 radical (unpaired) electrons. The number of allylic oxidation sites excluding steroid dienone is 1. The Bertz CT molecular complexity index is 896. The molecule has 178 valence electrons. The highest BCUT2D eigenvalue weighted by Crippen LogP contribution is 2.46. The molecule has 1 saturated heterocycles. The number of nitrogens with one attached hydrogen (secondary N) is 2. The van der Waals surface area contributed by atoms with Crippen molar-refractivity contribution in [2.24, 2.45) is 23.7 Å². The average molecular weight is 454 g/mol. The Hall–Kier alpha value is -2.67. The highest BCUT2D eigenvalue weighted by atomic mass is 16.3. The minimum Gasteiger partial charge on any atom is -0.394 e. The van der Waals surface area contributed by atoms with Gasteiger partial charge in [-0.05, 0) is 24.3 Å². The molecule has 4 rings (SSSR count). The Morgan fingerprint density at radius 2 is 1.79 bits per heavy atom. The first kappa shape index (κ1) is 23.5. The van der Waals surface area contributed by atoms with E-state index in [1.165, 1.54) is 6.42 Å². The van der Waals surface area contributed by atoms with Crippen LogP contribution in [0.4, 0.5) is 0 Å². The third-order valence-electron chi connectivity index (χ3n) is 7.67. The maximum Gasteiger partial charge on any atom is 0.243 e. The number of aliphatic hydroxyl groups excluding tert-OH is 1. The summed E-state index contributed by atoms with van der Waals surface area (Å²) >= 11 is 0. The number of rotatable bonds is 6. The van der Waals surface area contributed by atoms with E-state index in [1.807, 2.05) is 49.4 Å². The van der Waals surface area contributed by atoms with Gasteiger partial charge in [-0.1, -0.05) is 68.7 Å². The molecule has 1 heterocycles. The van der Waals surface area contributed by atoms with Crippen LogP contribution < -0.4 is 10.6 Å². The lowest BCUT2D eigenvalue weighted by molar-refractivity contribution is -0.143. The van der Waals surface area contributed by atoms with E-state index in [2.05, 4.69) is 10.6 Å². The largest absolute Gasteiger partial charge is 0.394 e. The lowest BCUT2D eigenvalue weighted by atomic mass is 9.70. The molecule has 0 spiro atoms. The summed E-state index contributed by atoms with van der Waals surface area (Å²) in [7, 11) is 1.58. The Balaban J connectivity index is 1.73. The number of fused-ring (bicyclic) bond motifs is 1. The fourth-order valence-electron chi connectivity index (χ4n) is 6.00. The van der Waals surface area contributed by atoms with E-state index < -0.39 is 29.8 Å². The predicted octanol–water partition coefficient (Wildman–Crippen LogP) is 2.18. The minimum atomic E-state index is -0.766. The predicted molar refractivity (Wildman–Crippen MR) is 125 cm³/mol. The van der Waals surface area contributed by atoms with Gasteiger partial charge >= 0.3 is 0 Å². The molecule has 33 heavy (non-hydrogen) atoms. The molecule has 3 N–H and O–H groups in total. The van der Waals surface area contributed by atoms with Crippen LogP contribution >= 0.6 is 0 Å².